The molecule has 29 heavy (non-hydrogen) atoms. The van der Waals surface area contributed by atoms with Crippen LogP contribution in [0.15, 0.2) is 53.4 Å². The van der Waals surface area contributed by atoms with Crippen molar-refractivity contribution in [2.75, 3.05) is 30.4 Å². The molecule has 1 unspecified atom stereocenters. The van der Waals surface area contributed by atoms with Gasteiger partial charge in [-0.2, -0.15) is 4.72 Å². The molecule has 1 amide bonds. The van der Waals surface area contributed by atoms with E-state index in [9.17, 15) is 13.2 Å². The lowest BCUT2D eigenvalue weighted by atomic mass is 10.2. The molecule has 8 heteroatoms. The summed E-state index contributed by atoms with van der Waals surface area (Å²) in [4.78, 5) is 14.8. The Labute approximate surface area is 172 Å². The van der Waals surface area contributed by atoms with Gasteiger partial charge in [-0.3, -0.25) is 4.79 Å². The largest absolute Gasteiger partial charge is 0.497 e. The fourth-order valence-corrected chi connectivity index (χ4v) is 4.49. The number of rotatable bonds is 7. The van der Waals surface area contributed by atoms with E-state index in [1.54, 1.807) is 12.1 Å². The number of carbonyl (C=O) groups is 1. The van der Waals surface area contributed by atoms with Gasteiger partial charge in [0, 0.05) is 24.5 Å². The summed E-state index contributed by atoms with van der Waals surface area (Å²) >= 11 is 0. The third kappa shape index (κ3) is 5.27. The number of sulfonamides is 1. The molecule has 2 aromatic carbocycles. The van der Waals surface area contributed by atoms with Gasteiger partial charge in [0.05, 0.1) is 18.0 Å². The Kier molecular flexibility index (Phi) is 6.44. The molecule has 1 aliphatic rings. The fraction of sp³-hybridized carbons (Fsp3) is 0.381. The Bertz CT molecular complexity index is 943. The smallest absolute Gasteiger partial charge is 0.242 e. The van der Waals surface area contributed by atoms with Gasteiger partial charge in [0.25, 0.3) is 0 Å². The number of methoxy groups -OCH3 is 1. The molecule has 7 nitrogen and oxygen atoms in total. The molecule has 0 saturated carbocycles. The molecule has 0 radical (unpaired) electrons. The van der Waals surface area contributed by atoms with Crippen LogP contribution in [0.1, 0.15) is 20.3 Å². The molecule has 0 bridgehead atoms. The molecular weight excluding hydrogens is 390 g/mol. The first-order chi connectivity index (χ1) is 13.8. The molecule has 3 rings (SSSR count). The zero-order chi connectivity index (χ0) is 21.0. The highest BCUT2D eigenvalue weighted by atomic mass is 32.2. The Hall–Kier alpha value is -2.58. The molecule has 0 aliphatic carbocycles. The number of hydrogen-bond donors (Lipinski definition) is 2. The predicted octanol–water partition coefficient (Wildman–Crippen LogP) is 2.85. The van der Waals surface area contributed by atoms with E-state index in [1.165, 1.54) is 32.6 Å². The molecule has 156 valence electrons. The highest BCUT2D eigenvalue weighted by Gasteiger charge is 2.23. The molecule has 0 spiro atoms. The van der Waals surface area contributed by atoms with Crippen LogP contribution in [0.4, 0.5) is 11.4 Å². The van der Waals surface area contributed by atoms with Crippen LogP contribution in [0, 0.1) is 5.92 Å². The van der Waals surface area contributed by atoms with Crippen LogP contribution in [0.5, 0.6) is 5.75 Å². The Morgan fingerprint density at radius 2 is 1.79 bits per heavy atom. The second-order valence-corrected chi connectivity index (χ2v) is 9.11. The summed E-state index contributed by atoms with van der Waals surface area (Å²) in [5.74, 6) is 0.820. The number of ether oxygens (including phenoxy) is 1. The standard InChI is InChI=1S/C21H27N3O4S/c1-15-12-13-24(14-15)18-6-4-17(5-7-18)22-21(25)16(2)23-29(26,27)20-10-8-19(28-3)9-11-20/h4-11,15-16,23H,12-14H2,1-3H3,(H,22,25)/t15?,16-/m0/s1. The third-order valence-corrected chi connectivity index (χ3v) is 6.58. The van der Waals surface area contributed by atoms with Crippen LogP contribution in [-0.4, -0.2) is 40.6 Å². The maximum Gasteiger partial charge on any atom is 0.242 e. The lowest BCUT2D eigenvalue weighted by Crippen LogP contribution is -2.41. The van der Waals surface area contributed by atoms with Crippen molar-refractivity contribution in [3.05, 3.63) is 48.5 Å². The van der Waals surface area contributed by atoms with E-state index < -0.39 is 22.0 Å². The van der Waals surface area contributed by atoms with Crippen LogP contribution in [0.3, 0.4) is 0 Å². The lowest BCUT2D eigenvalue weighted by molar-refractivity contribution is -0.117. The molecular formula is C21H27N3O4S. The van der Waals surface area contributed by atoms with Crippen LogP contribution in [-0.2, 0) is 14.8 Å². The van der Waals surface area contributed by atoms with Crippen molar-refractivity contribution in [1.82, 2.24) is 4.72 Å². The molecule has 2 aromatic rings. The van der Waals surface area contributed by atoms with Crippen LogP contribution in [0.2, 0.25) is 0 Å². The molecule has 1 heterocycles. The van der Waals surface area contributed by atoms with E-state index in [0.717, 1.165) is 18.8 Å². The van der Waals surface area contributed by atoms with Crippen molar-refractivity contribution >= 4 is 27.3 Å². The van der Waals surface area contributed by atoms with E-state index in [4.69, 9.17) is 4.74 Å². The molecule has 1 saturated heterocycles. The summed E-state index contributed by atoms with van der Waals surface area (Å²) in [7, 11) is -2.31. The first kappa shape index (κ1) is 21.1. The maximum atomic E-state index is 12.5. The van der Waals surface area contributed by atoms with Crippen molar-refractivity contribution in [3.8, 4) is 5.75 Å². The normalized spacial score (nSPS) is 17.8. The summed E-state index contributed by atoms with van der Waals surface area (Å²) in [5.41, 5.74) is 1.75. The van der Waals surface area contributed by atoms with Gasteiger partial charge >= 0.3 is 0 Å². The van der Waals surface area contributed by atoms with Gasteiger partial charge in [-0.15, -0.1) is 0 Å². The van der Waals surface area contributed by atoms with Crippen molar-refractivity contribution < 1.29 is 17.9 Å². The van der Waals surface area contributed by atoms with Crippen LogP contribution >= 0.6 is 0 Å². The molecule has 2 atom stereocenters. The van der Waals surface area contributed by atoms with Crippen LogP contribution < -0.4 is 19.7 Å². The maximum absolute atomic E-state index is 12.5. The minimum Gasteiger partial charge on any atom is -0.497 e. The van der Waals surface area contributed by atoms with Crippen LogP contribution in [0.25, 0.3) is 0 Å². The van der Waals surface area contributed by atoms with Gasteiger partial charge in [0.2, 0.25) is 15.9 Å². The van der Waals surface area contributed by atoms with Gasteiger partial charge in [0.1, 0.15) is 5.75 Å². The van der Waals surface area contributed by atoms with Crippen molar-refractivity contribution in [2.45, 2.75) is 31.2 Å². The Morgan fingerprint density at radius 1 is 1.14 bits per heavy atom. The molecule has 0 aromatic heterocycles. The average Bonchev–Trinajstić information content (AvgIpc) is 3.14. The average molecular weight is 418 g/mol. The predicted molar refractivity (Wildman–Crippen MR) is 114 cm³/mol. The van der Waals surface area contributed by atoms with E-state index in [-0.39, 0.29) is 4.90 Å². The van der Waals surface area contributed by atoms with Gasteiger partial charge in [-0.25, -0.2) is 8.42 Å². The first-order valence-corrected chi connectivity index (χ1v) is 11.1. The second kappa shape index (κ2) is 8.84. The minimum atomic E-state index is -3.82. The van der Waals surface area contributed by atoms with Gasteiger partial charge in [0.15, 0.2) is 0 Å². The Morgan fingerprint density at radius 3 is 2.34 bits per heavy atom. The Balaban J connectivity index is 1.59. The molecule has 2 N–H and O–H groups in total. The summed E-state index contributed by atoms with van der Waals surface area (Å²) in [5, 5.41) is 2.76. The van der Waals surface area contributed by atoms with E-state index in [0.29, 0.717) is 17.4 Å². The first-order valence-electron chi connectivity index (χ1n) is 9.61. The summed E-state index contributed by atoms with van der Waals surface area (Å²) in [6, 6.07) is 12.7. The number of amides is 1. The fourth-order valence-electron chi connectivity index (χ4n) is 3.28. The quantitative estimate of drug-likeness (QED) is 0.723. The summed E-state index contributed by atoms with van der Waals surface area (Å²) in [6.07, 6.45) is 1.18. The van der Waals surface area contributed by atoms with Gasteiger partial charge in [-0.05, 0) is 67.8 Å². The van der Waals surface area contributed by atoms with E-state index in [2.05, 4.69) is 21.9 Å². The topological polar surface area (TPSA) is 87.7 Å². The number of hydrogen-bond acceptors (Lipinski definition) is 5. The minimum absolute atomic E-state index is 0.0714. The van der Waals surface area contributed by atoms with Crippen molar-refractivity contribution in [3.63, 3.8) is 0 Å². The van der Waals surface area contributed by atoms with E-state index >= 15 is 0 Å². The van der Waals surface area contributed by atoms with Gasteiger partial charge < -0.3 is 15.0 Å². The zero-order valence-corrected chi connectivity index (χ0v) is 17.7. The summed E-state index contributed by atoms with van der Waals surface area (Å²) in [6.45, 7) is 5.83. The number of nitrogens with one attached hydrogen (secondary N) is 2. The highest BCUT2D eigenvalue weighted by molar-refractivity contribution is 7.89. The number of benzene rings is 2. The monoisotopic (exact) mass is 417 g/mol. The van der Waals surface area contributed by atoms with Crippen molar-refractivity contribution in [1.29, 1.82) is 0 Å². The molecule has 1 aliphatic heterocycles. The lowest BCUT2D eigenvalue weighted by Gasteiger charge is -2.19. The second-order valence-electron chi connectivity index (χ2n) is 7.39. The number of nitrogens with zero attached hydrogens (tertiary/aromatic N) is 1. The summed E-state index contributed by atoms with van der Waals surface area (Å²) < 4.78 is 32.4. The number of carbonyl (C=O) groups excluding carboxylic acids is 1. The highest BCUT2D eigenvalue weighted by Crippen LogP contribution is 2.25. The van der Waals surface area contributed by atoms with Gasteiger partial charge in [-0.1, -0.05) is 6.92 Å². The number of anilines is 2. The van der Waals surface area contributed by atoms with E-state index in [1.807, 2.05) is 24.3 Å². The zero-order valence-electron chi connectivity index (χ0n) is 16.9. The SMILES string of the molecule is COc1ccc(S(=O)(=O)N[C@@H](C)C(=O)Nc2ccc(N3CCC(C)C3)cc2)cc1. The third-order valence-electron chi connectivity index (χ3n) is 5.02. The molecule has 1 fully saturated rings. The van der Waals surface area contributed by atoms with Crippen molar-refractivity contribution in [2.24, 2.45) is 5.92 Å².